The van der Waals surface area contributed by atoms with Gasteiger partial charge in [0.05, 0.1) is 13.2 Å². The maximum absolute atomic E-state index is 5.93. The Hall–Kier alpha value is -1.26. The van der Waals surface area contributed by atoms with Crippen LogP contribution in [0.25, 0.3) is 0 Å². The van der Waals surface area contributed by atoms with E-state index in [-0.39, 0.29) is 30.1 Å². The number of benzene rings is 1. The molecular formula is C22H37IN4O3. The number of guanidine groups is 1. The van der Waals surface area contributed by atoms with Gasteiger partial charge in [-0.25, -0.2) is 0 Å². The predicted molar refractivity (Wildman–Crippen MR) is 131 cm³/mol. The van der Waals surface area contributed by atoms with E-state index in [1.54, 1.807) is 7.11 Å². The van der Waals surface area contributed by atoms with Gasteiger partial charge in [-0.05, 0) is 45.4 Å². The number of likely N-dealkylation sites (tertiary alicyclic amines) is 1. The first-order valence-electron chi connectivity index (χ1n) is 10.8. The SMILES string of the molecule is CCOc1cc2c(cc1CNC(=NC)NCC1CCCN1CCOC)OC(C)C2.I. The molecule has 8 heteroatoms. The molecule has 2 atom stereocenters. The summed E-state index contributed by atoms with van der Waals surface area (Å²) in [5, 5.41) is 6.91. The molecular weight excluding hydrogens is 495 g/mol. The summed E-state index contributed by atoms with van der Waals surface area (Å²) in [5.41, 5.74) is 2.31. The first-order valence-corrected chi connectivity index (χ1v) is 10.8. The summed E-state index contributed by atoms with van der Waals surface area (Å²) in [6.45, 7) is 9.19. The molecule has 7 nitrogen and oxygen atoms in total. The normalized spacial score (nSPS) is 21.0. The number of hydrogen-bond donors (Lipinski definition) is 2. The standard InChI is InChI=1S/C22H36N4O3.HI/c1-5-28-20-12-17-11-16(2)29-21(17)13-18(20)14-24-22(23-3)25-15-19-7-6-8-26(19)9-10-27-4;/h12-13,16,19H,5-11,14-15H2,1-4H3,(H2,23,24,25);1H. The van der Waals surface area contributed by atoms with Crippen LogP contribution in [-0.4, -0.2) is 70.0 Å². The Balaban J connectivity index is 0.00000320. The molecule has 2 unspecified atom stereocenters. The van der Waals surface area contributed by atoms with Gasteiger partial charge in [-0.1, -0.05) is 0 Å². The highest BCUT2D eigenvalue weighted by molar-refractivity contribution is 14.0. The number of nitrogens with zero attached hydrogens (tertiary/aromatic N) is 2. The van der Waals surface area contributed by atoms with Gasteiger partial charge in [-0.2, -0.15) is 0 Å². The summed E-state index contributed by atoms with van der Waals surface area (Å²) in [7, 11) is 3.57. The topological polar surface area (TPSA) is 67.4 Å². The number of nitrogens with one attached hydrogen (secondary N) is 2. The fraction of sp³-hybridized carbons (Fsp3) is 0.682. The van der Waals surface area contributed by atoms with Crippen LogP contribution in [-0.2, 0) is 17.7 Å². The predicted octanol–water partition coefficient (Wildman–Crippen LogP) is 2.80. The van der Waals surface area contributed by atoms with E-state index in [1.165, 1.54) is 18.4 Å². The van der Waals surface area contributed by atoms with Crippen LogP contribution in [0, 0.1) is 0 Å². The highest BCUT2D eigenvalue weighted by Gasteiger charge is 2.24. The Labute approximate surface area is 197 Å². The number of rotatable bonds is 9. The second-order valence-electron chi connectivity index (χ2n) is 7.76. The lowest BCUT2D eigenvalue weighted by molar-refractivity contribution is 0.141. The molecule has 1 aromatic rings. The Morgan fingerprint density at radius 3 is 2.90 bits per heavy atom. The van der Waals surface area contributed by atoms with Gasteiger partial charge in [0.2, 0.25) is 0 Å². The second-order valence-corrected chi connectivity index (χ2v) is 7.76. The average Bonchev–Trinajstić information content (AvgIpc) is 3.31. The molecule has 1 saturated heterocycles. The fourth-order valence-electron chi connectivity index (χ4n) is 4.15. The smallest absolute Gasteiger partial charge is 0.191 e. The van der Waals surface area contributed by atoms with Crippen molar-refractivity contribution in [2.24, 2.45) is 4.99 Å². The molecule has 2 aliphatic heterocycles. The Bertz CT molecular complexity index is 701. The number of ether oxygens (including phenoxy) is 3. The summed E-state index contributed by atoms with van der Waals surface area (Å²) in [4.78, 5) is 6.89. The number of aliphatic imine (C=N–C) groups is 1. The van der Waals surface area contributed by atoms with Crippen LogP contribution >= 0.6 is 24.0 Å². The van der Waals surface area contributed by atoms with Crippen molar-refractivity contribution in [1.82, 2.24) is 15.5 Å². The van der Waals surface area contributed by atoms with E-state index in [1.807, 2.05) is 14.0 Å². The summed E-state index contributed by atoms with van der Waals surface area (Å²) >= 11 is 0. The molecule has 2 heterocycles. The molecule has 2 N–H and O–H groups in total. The molecule has 0 aromatic heterocycles. The van der Waals surface area contributed by atoms with Gasteiger partial charge in [0.1, 0.15) is 17.6 Å². The summed E-state index contributed by atoms with van der Waals surface area (Å²) in [6, 6.07) is 4.76. The van der Waals surface area contributed by atoms with Crippen molar-refractivity contribution in [2.45, 2.75) is 51.8 Å². The maximum Gasteiger partial charge on any atom is 0.191 e. The molecule has 0 aliphatic carbocycles. The van der Waals surface area contributed by atoms with Crippen molar-refractivity contribution in [3.8, 4) is 11.5 Å². The Morgan fingerprint density at radius 1 is 1.33 bits per heavy atom. The van der Waals surface area contributed by atoms with E-state index in [0.29, 0.717) is 19.2 Å². The van der Waals surface area contributed by atoms with Gasteiger partial charge >= 0.3 is 0 Å². The Morgan fingerprint density at radius 2 is 2.17 bits per heavy atom. The van der Waals surface area contributed by atoms with Gasteiger partial charge in [0.15, 0.2) is 5.96 Å². The van der Waals surface area contributed by atoms with Gasteiger partial charge in [-0.15, -0.1) is 24.0 Å². The molecule has 30 heavy (non-hydrogen) atoms. The third-order valence-electron chi connectivity index (χ3n) is 5.64. The zero-order valence-corrected chi connectivity index (χ0v) is 21.0. The zero-order valence-electron chi connectivity index (χ0n) is 18.7. The number of hydrogen-bond acceptors (Lipinski definition) is 5. The van der Waals surface area contributed by atoms with Crippen molar-refractivity contribution in [1.29, 1.82) is 0 Å². The van der Waals surface area contributed by atoms with E-state index in [9.17, 15) is 0 Å². The van der Waals surface area contributed by atoms with Crippen LogP contribution in [0.3, 0.4) is 0 Å². The highest BCUT2D eigenvalue weighted by atomic mass is 127. The van der Waals surface area contributed by atoms with Gasteiger partial charge in [0.25, 0.3) is 0 Å². The number of methoxy groups -OCH3 is 1. The lowest BCUT2D eigenvalue weighted by Gasteiger charge is -2.25. The molecule has 0 saturated carbocycles. The fourth-order valence-corrected chi connectivity index (χ4v) is 4.15. The first-order chi connectivity index (χ1) is 14.1. The average molecular weight is 532 g/mol. The first kappa shape index (κ1) is 25.0. The van der Waals surface area contributed by atoms with Crippen molar-refractivity contribution in [3.05, 3.63) is 23.3 Å². The molecule has 0 spiro atoms. The molecule has 3 rings (SSSR count). The van der Waals surface area contributed by atoms with Crippen molar-refractivity contribution in [3.63, 3.8) is 0 Å². The summed E-state index contributed by atoms with van der Waals surface area (Å²) in [6.07, 6.45) is 3.62. The Kier molecular flexibility index (Phi) is 10.5. The summed E-state index contributed by atoms with van der Waals surface area (Å²) in [5.74, 6) is 2.70. The minimum absolute atomic E-state index is 0. The molecule has 1 aromatic carbocycles. The molecule has 0 radical (unpaired) electrons. The molecule has 170 valence electrons. The van der Waals surface area contributed by atoms with Crippen LogP contribution in [0.2, 0.25) is 0 Å². The zero-order chi connectivity index (χ0) is 20.6. The van der Waals surface area contributed by atoms with Crippen LogP contribution in [0.4, 0.5) is 0 Å². The largest absolute Gasteiger partial charge is 0.494 e. The second kappa shape index (κ2) is 12.6. The van der Waals surface area contributed by atoms with Gasteiger partial charge in [-0.3, -0.25) is 9.89 Å². The number of halogens is 1. The summed E-state index contributed by atoms with van der Waals surface area (Å²) < 4.78 is 17.0. The van der Waals surface area contributed by atoms with Crippen LogP contribution in [0.15, 0.2) is 17.1 Å². The quantitative estimate of drug-likeness (QED) is 0.290. The van der Waals surface area contributed by atoms with Crippen molar-refractivity contribution < 1.29 is 14.2 Å². The minimum Gasteiger partial charge on any atom is -0.494 e. The third-order valence-corrected chi connectivity index (χ3v) is 5.64. The maximum atomic E-state index is 5.93. The van der Waals surface area contributed by atoms with Crippen LogP contribution in [0.5, 0.6) is 11.5 Å². The van der Waals surface area contributed by atoms with Crippen LogP contribution < -0.4 is 20.1 Å². The monoisotopic (exact) mass is 532 g/mol. The molecule has 1 fully saturated rings. The van der Waals surface area contributed by atoms with E-state index in [4.69, 9.17) is 14.2 Å². The number of fused-ring (bicyclic) bond motifs is 1. The van der Waals surface area contributed by atoms with E-state index in [0.717, 1.165) is 55.7 Å². The highest BCUT2D eigenvalue weighted by Crippen LogP contribution is 2.35. The van der Waals surface area contributed by atoms with E-state index in [2.05, 4.69) is 39.6 Å². The van der Waals surface area contributed by atoms with Crippen molar-refractivity contribution in [2.75, 3.05) is 47.0 Å². The van der Waals surface area contributed by atoms with Gasteiger partial charge in [0, 0.05) is 57.4 Å². The molecule has 2 aliphatic rings. The van der Waals surface area contributed by atoms with Crippen molar-refractivity contribution >= 4 is 29.9 Å². The molecule has 0 bridgehead atoms. The lowest BCUT2D eigenvalue weighted by atomic mass is 10.1. The lowest BCUT2D eigenvalue weighted by Crippen LogP contribution is -2.45. The van der Waals surface area contributed by atoms with E-state index < -0.39 is 0 Å². The minimum atomic E-state index is 0. The third kappa shape index (κ3) is 6.62. The molecule has 0 amide bonds. The van der Waals surface area contributed by atoms with E-state index >= 15 is 0 Å². The van der Waals surface area contributed by atoms with Crippen LogP contribution in [0.1, 0.15) is 37.8 Å². The van der Waals surface area contributed by atoms with Gasteiger partial charge < -0.3 is 24.8 Å².